The van der Waals surface area contributed by atoms with Crippen LogP contribution in [0.2, 0.25) is 0 Å². The van der Waals surface area contributed by atoms with Gasteiger partial charge in [0.1, 0.15) is 5.75 Å². The van der Waals surface area contributed by atoms with Crippen LogP contribution in [0.3, 0.4) is 0 Å². The van der Waals surface area contributed by atoms with Crippen molar-refractivity contribution in [2.75, 3.05) is 5.75 Å². The number of amides is 1. The molecule has 17 heavy (non-hydrogen) atoms. The van der Waals surface area contributed by atoms with Gasteiger partial charge in [0.05, 0.1) is 17.2 Å². The minimum Gasteiger partial charge on any atom is -0.369 e. The maximum absolute atomic E-state index is 12.0. The Balaban J connectivity index is 2.66. The second-order valence-corrected chi connectivity index (χ2v) is 6.39. The van der Waals surface area contributed by atoms with E-state index in [0.717, 1.165) is 32.1 Å². The second-order valence-electron chi connectivity index (χ2n) is 4.73. The third kappa shape index (κ3) is 4.12. The average Bonchev–Trinajstić information content (AvgIpc) is 2.28. The monoisotopic (exact) mass is 256 g/mol. The van der Waals surface area contributed by atoms with Crippen LogP contribution in [0, 0.1) is 23.2 Å². The normalized spacial score (nSPS) is 30.5. The van der Waals surface area contributed by atoms with Crippen LogP contribution in [0.15, 0.2) is 0 Å². The lowest BCUT2D eigenvalue weighted by Crippen LogP contribution is -2.36. The van der Waals surface area contributed by atoms with Crippen molar-refractivity contribution in [3.05, 3.63) is 0 Å². The van der Waals surface area contributed by atoms with Crippen molar-refractivity contribution in [1.29, 1.82) is 5.26 Å². The topological polar surface area (TPSA) is 83.9 Å². The molecule has 0 aliphatic heterocycles. The number of carbonyl (C=O) groups is 1. The lowest BCUT2D eigenvalue weighted by molar-refractivity contribution is -0.115. The molecule has 1 amide bonds. The minimum atomic E-state index is -1.29. The Morgan fingerprint density at radius 3 is 2.76 bits per heavy atom. The van der Waals surface area contributed by atoms with E-state index in [9.17, 15) is 9.00 Å². The molecule has 0 bridgehead atoms. The van der Waals surface area contributed by atoms with E-state index in [0.29, 0.717) is 5.92 Å². The second kappa shape index (κ2) is 6.75. The first-order valence-electron chi connectivity index (χ1n) is 6.13. The first-order valence-corrected chi connectivity index (χ1v) is 7.51. The number of hydrogen-bond donors (Lipinski definition) is 1. The summed E-state index contributed by atoms with van der Waals surface area (Å²) in [7, 11) is -1.29. The first kappa shape index (κ1) is 14.2. The van der Waals surface area contributed by atoms with Crippen LogP contribution in [0.4, 0.5) is 0 Å². The number of carbonyl (C=O) groups excluding carboxylic acids is 1. The van der Waals surface area contributed by atoms with E-state index < -0.39 is 16.7 Å². The number of nitrogens with zero attached hydrogens (tertiary/aromatic N) is 1. The smallest absolute Gasteiger partial charge is 0.230 e. The van der Waals surface area contributed by atoms with Crippen LogP contribution in [0.5, 0.6) is 0 Å². The Morgan fingerprint density at radius 1 is 1.53 bits per heavy atom. The summed E-state index contributed by atoms with van der Waals surface area (Å²) < 4.78 is 12.0. The standard InChI is InChI=1S/C12H20N2O2S/c1-2-3-9-4-5-10(7-13)11(6-9)17(16)8-12(14)15/h9-11H,2-6,8H2,1H3,(H2,14,15). The molecule has 1 aliphatic rings. The van der Waals surface area contributed by atoms with Crippen LogP contribution < -0.4 is 5.73 Å². The number of rotatable bonds is 5. The van der Waals surface area contributed by atoms with Crippen molar-refractivity contribution in [1.82, 2.24) is 0 Å². The number of primary amides is 1. The van der Waals surface area contributed by atoms with Crippen molar-refractivity contribution in [2.24, 2.45) is 17.6 Å². The molecule has 0 radical (unpaired) electrons. The van der Waals surface area contributed by atoms with Gasteiger partial charge in [-0.25, -0.2) is 0 Å². The summed E-state index contributed by atoms with van der Waals surface area (Å²) in [5.74, 6) is -0.283. The number of hydrogen-bond acceptors (Lipinski definition) is 3. The molecule has 96 valence electrons. The zero-order valence-corrected chi connectivity index (χ0v) is 11.0. The Hall–Kier alpha value is -0.890. The molecule has 2 N–H and O–H groups in total. The molecular formula is C12H20N2O2S. The average molecular weight is 256 g/mol. The fourth-order valence-corrected chi connectivity index (χ4v) is 4.11. The number of nitrogens with two attached hydrogens (primary N) is 1. The molecule has 4 atom stereocenters. The van der Waals surface area contributed by atoms with E-state index in [1.807, 2.05) is 0 Å². The quantitative estimate of drug-likeness (QED) is 0.805. The van der Waals surface area contributed by atoms with Crippen molar-refractivity contribution < 1.29 is 9.00 Å². The van der Waals surface area contributed by atoms with Gasteiger partial charge >= 0.3 is 0 Å². The van der Waals surface area contributed by atoms with E-state index in [2.05, 4.69) is 13.0 Å². The maximum Gasteiger partial charge on any atom is 0.230 e. The zero-order valence-electron chi connectivity index (χ0n) is 10.2. The van der Waals surface area contributed by atoms with Gasteiger partial charge in [0.15, 0.2) is 0 Å². The van der Waals surface area contributed by atoms with Crippen molar-refractivity contribution in [3.8, 4) is 6.07 Å². The molecule has 1 fully saturated rings. The molecule has 0 aromatic carbocycles. The summed E-state index contributed by atoms with van der Waals surface area (Å²) in [4.78, 5) is 10.8. The highest BCUT2D eigenvalue weighted by Crippen LogP contribution is 2.34. The van der Waals surface area contributed by atoms with Gasteiger partial charge in [0.25, 0.3) is 0 Å². The molecule has 0 saturated heterocycles. The summed E-state index contributed by atoms with van der Waals surface area (Å²) in [5, 5.41) is 8.89. The Kier molecular flexibility index (Phi) is 5.63. The van der Waals surface area contributed by atoms with Gasteiger partial charge in [0.2, 0.25) is 5.91 Å². The highest BCUT2D eigenvalue weighted by Gasteiger charge is 2.34. The first-order chi connectivity index (χ1) is 8.08. The van der Waals surface area contributed by atoms with E-state index in [4.69, 9.17) is 11.0 Å². The summed E-state index contributed by atoms with van der Waals surface area (Å²) in [5.41, 5.74) is 5.07. The molecule has 5 heteroatoms. The molecule has 4 unspecified atom stereocenters. The fourth-order valence-electron chi connectivity index (χ4n) is 2.57. The van der Waals surface area contributed by atoms with Crippen molar-refractivity contribution in [3.63, 3.8) is 0 Å². The van der Waals surface area contributed by atoms with Gasteiger partial charge < -0.3 is 5.73 Å². The molecular weight excluding hydrogens is 236 g/mol. The van der Waals surface area contributed by atoms with E-state index >= 15 is 0 Å². The molecule has 0 spiro atoms. The van der Waals surface area contributed by atoms with Gasteiger partial charge in [-0.2, -0.15) is 5.26 Å². The molecule has 4 nitrogen and oxygen atoms in total. The molecule has 1 rings (SSSR count). The molecule has 0 aromatic heterocycles. The SMILES string of the molecule is CCCC1CCC(C#N)C(S(=O)CC(N)=O)C1. The largest absolute Gasteiger partial charge is 0.369 e. The van der Waals surface area contributed by atoms with Gasteiger partial charge in [-0.3, -0.25) is 9.00 Å². The molecule has 1 saturated carbocycles. The summed E-state index contributed by atoms with van der Waals surface area (Å²) in [6, 6.07) is 2.23. The molecule has 1 aliphatic carbocycles. The van der Waals surface area contributed by atoms with Gasteiger partial charge in [-0.1, -0.05) is 19.8 Å². The predicted octanol–water partition coefficient (Wildman–Crippen LogP) is 1.33. The summed E-state index contributed by atoms with van der Waals surface area (Å²) in [6.45, 7) is 2.13. The minimum absolute atomic E-state index is 0.109. The maximum atomic E-state index is 12.0. The predicted molar refractivity (Wildman–Crippen MR) is 67.3 cm³/mol. The van der Waals surface area contributed by atoms with Crippen molar-refractivity contribution in [2.45, 2.75) is 44.3 Å². The van der Waals surface area contributed by atoms with Gasteiger partial charge in [-0.15, -0.1) is 0 Å². The van der Waals surface area contributed by atoms with Crippen LogP contribution in [-0.4, -0.2) is 21.1 Å². The summed E-state index contributed by atoms with van der Waals surface area (Å²) >= 11 is 0. The summed E-state index contributed by atoms with van der Waals surface area (Å²) in [6.07, 6.45) is 4.86. The lowest BCUT2D eigenvalue weighted by Gasteiger charge is -2.31. The Morgan fingerprint density at radius 2 is 2.24 bits per heavy atom. The van der Waals surface area contributed by atoms with Crippen molar-refractivity contribution >= 4 is 16.7 Å². The highest BCUT2D eigenvalue weighted by atomic mass is 32.2. The highest BCUT2D eigenvalue weighted by molar-refractivity contribution is 7.86. The lowest BCUT2D eigenvalue weighted by atomic mass is 9.80. The van der Waals surface area contributed by atoms with Crippen LogP contribution in [0.1, 0.15) is 39.0 Å². The number of nitriles is 1. The zero-order chi connectivity index (χ0) is 12.8. The Labute approximate surface area is 105 Å². The van der Waals surface area contributed by atoms with Gasteiger partial charge in [-0.05, 0) is 25.2 Å². The molecule has 0 heterocycles. The Bertz CT molecular complexity index is 338. The van der Waals surface area contributed by atoms with Crippen LogP contribution in [-0.2, 0) is 15.6 Å². The third-order valence-corrected chi connectivity index (χ3v) is 5.15. The van der Waals surface area contributed by atoms with E-state index in [1.165, 1.54) is 0 Å². The molecule has 0 aromatic rings. The fraction of sp³-hybridized carbons (Fsp3) is 0.833. The van der Waals surface area contributed by atoms with Crippen LogP contribution >= 0.6 is 0 Å². The third-order valence-electron chi connectivity index (χ3n) is 3.39. The van der Waals surface area contributed by atoms with E-state index in [1.54, 1.807) is 0 Å². The van der Waals surface area contributed by atoms with Crippen LogP contribution in [0.25, 0.3) is 0 Å². The van der Waals surface area contributed by atoms with Gasteiger partial charge in [0, 0.05) is 10.8 Å². The van der Waals surface area contributed by atoms with E-state index in [-0.39, 0.29) is 16.9 Å².